The molecule has 35 heavy (non-hydrogen) atoms. The number of carbonyl (C=O) groups excluding carboxylic acids is 2. The van der Waals surface area contributed by atoms with Gasteiger partial charge in [0, 0.05) is 24.8 Å². The van der Waals surface area contributed by atoms with Crippen molar-refractivity contribution in [3.63, 3.8) is 0 Å². The number of morpholine rings is 1. The topological polar surface area (TPSA) is 127 Å². The van der Waals surface area contributed by atoms with E-state index in [4.69, 9.17) is 9.72 Å². The van der Waals surface area contributed by atoms with Gasteiger partial charge in [-0.2, -0.15) is 9.97 Å². The maximum Gasteiger partial charge on any atom is 0.269 e. The summed E-state index contributed by atoms with van der Waals surface area (Å²) >= 11 is 0. The van der Waals surface area contributed by atoms with Crippen LogP contribution < -0.4 is 15.8 Å². The van der Waals surface area contributed by atoms with Crippen LogP contribution >= 0.6 is 0 Å². The number of hydrogen-bond acceptors (Lipinski definition) is 9. The van der Waals surface area contributed by atoms with Crippen molar-refractivity contribution in [2.75, 3.05) is 36.6 Å². The van der Waals surface area contributed by atoms with Crippen molar-refractivity contribution in [1.82, 2.24) is 29.9 Å². The lowest BCUT2D eigenvalue weighted by Crippen LogP contribution is -2.38. The minimum absolute atomic E-state index is 0.0160. The van der Waals surface area contributed by atoms with E-state index in [-0.39, 0.29) is 18.2 Å². The van der Waals surface area contributed by atoms with Crippen LogP contribution in [0.3, 0.4) is 0 Å². The lowest BCUT2D eigenvalue weighted by molar-refractivity contribution is 0.0957. The zero-order valence-corrected chi connectivity index (χ0v) is 19.1. The number of ketones is 1. The number of hydrazine groups is 1. The molecule has 1 fully saturated rings. The van der Waals surface area contributed by atoms with E-state index in [0.29, 0.717) is 60.5 Å². The summed E-state index contributed by atoms with van der Waals surface area (Å²) in [5, 5.41) is 0. The van der Waals surface area contributed by atoms with E-state index in [9.17, 15) is 9.59 Å². The molecule has 11 nitrogen and oxygen atoms in total. The van der Waals surface area contributed by atoms with Crippen LogP contribution in [-0.4, -0.2) is 62.5 Å². The predicted molar refractivity (Wildman–Crippen MR) is 129 cm³/mol. The van der Waals surface area contributed by atoms with Gasteiger partial charge in [-0.1, -0.05) is 23.8 Å². The van der Waals surface area contributed by atoms with Gasteiger partial charge in [0.05, 0.1) is 26.1 Å². The molecule has 178 valence electrons. The fourth-order valence-corrected chi connectivity index (χ4v) is 3.78. The second-order valence-corrected chi connectivity index (χ2v) is 8.10. The third kappa shape index (κ3) is 4.94. The minimum Gasteiger partial charge on any atom is -0.378 e. The SMILES string of the molecule is Cc1cccc(C(=O)NNc2nc(N3CCOCC3)nc3c2ncn3CC(=O)c2ccccn2)c1. The molecular formula is C24H24N8O3. The van der Waals surface area contributed by atoms with Gasteiger partial charge in [0.2, 0.25) is 11.7 Å². The van der Waals surface area contributed by atoms with Crippen molar-refractivity contribution in [3.05, 3.63) is 71.8 Å². The standard InChI is InChI=1S/C24H24N8O3/c1-16-5-4-6-17(13-16)23(34)30-29-21-20-22(28-24(27-21)31-9-11-35-12-10-31)32(15-26-20)14-19(33)18-7-2-3-8-25-18/h2-8,13,15H,9-12,14H2,1H3,(H,30,34)(H,27,28,29). The first-order chi connectivity index (χ1) is 17.1. The maximum absolute atomic E-state index is 12.8. The molecule has 4 aromatic rings. The smallest absolute Gasteiger partial charge is 0.269 e. The van der Waals surface area contributed by atoms with Crippen LogP contribution in [0.25, 0.3) is 11.2 Å². The summed E-state index contributed by atoms with van der Waals surface area (Å²) < 4.78 is 7.11. The number of aryl methyl sites for hydroxylation is 1. The minimum atomic E-state index is -0.307. The van der Waals surface area contributed by atoms with Crippen molar-refractivity contribution in [2.24, 2.45) is 0 Å². The van der Waals surface area contributed by atoms with Crippen LogP contribution in [0.1, 0.15) is 26.4 Å². The lowest BCUT2D eigenvalue weighted by atomic mass is 10.1. The molecule has 4 heterocycles. The Hall–Kier alpha value is -4.38. The van der Waals surface area contributed by atoms with Crippen molar-refractivity contribution in [3.8, 4) is 0 Å². The van der Waals surface area contributed by atoms with Gasteiger partial charge in [0.1, 0.15) is 5.69 Å². The number of nitrogens with one attached hydrogen (secondary N) is 2. The molecule has 0 saturated carbocycles. The Bertz CT molecular complexity index is 1370. The average molecular weight is 473 g/mol. The summed E-state index contributed by atoms with van der Waals surface area (Å²) in [5.41, 5.74) is 8.35. The van der Waals surface area contributed by atoms with Gasteiger partial charge in [-0.25, -0.2) is 4.98 Å². The summed E-state index contributed by atoms with van der Waals surface area (Å²) in [7, 11) is 0. The quantitative estimate of drug-likeness (QED) is 0.307. The molecule has 5 rings (SSSR count). The molecule has 0 aliphatic carbocycles. The highest BCUT2D eigenvalue weighted by atomic mass is 16.5. The van der Waals surface area contributed by atoms with E-state index in [2.05, 4.69) is 25.8 Å². The normalized spacial score (nSPS) is 13.6. The molecule has 0 spiro atoms. The van der Waals surface area contributed by atoms with Crippen LogP contribution in [0.4, 0.5) is 11.8 Å². The summed E-state index contributed by atoms with van der Waals surface area (Å²) in [6.45, 7) is 4.31. The Kier molecular flexibility index (Phi) is 6.31. The fraction of sp³-hybridized carbons (Fsp3) is 0.250. The molecule has 2 N–H and O–H groups in total. The van der Waals surface area contributed by atoms with Crippen LogP contribution in [0.2, 0.25) is 0 Å². The molecule has 1 aliphatic rings. The highest BCUT2D eigenvalue weighted by Gasteiger charge is 2.21. The van der Waals surface area contributed by atoms with E-state index in [1.165, 1.54) is 6.33 Å². The molecule has 11 heteroatoms. The molecule has 1 aromatic carbocycles. The third-order valence-corrected chi connectivity index (χ3v) is 5.59. The van der Waals surface area contributed by atoms with E-state index in [0.717, 1.165) is 5.56 Å². The Morgan fingerprint density at radius 2 is 1.91 bits per heavy atom. The predicted octanol–water partition coefficient (Wildman–Crippen LogP) is 2.01. The molecule has 0 bridgehead atoms. The Morgan fingerprint density at radius 1 is 1.06 bits per heavy atom. The zero-order chi connectivity index (χ0) is 24.2. The highest BCUT2D eigenvalue weighted by molar-refractivity contribution is 5.97. The van der Waals surface area contributed by atoms with Gasteiger partial charge < -0.3 is 14.2 Å². The largest absolute Gasteiger partial charge is 0.378 e. The highest BCUT2D eigenvalue weighted by Crippen LogP contribution is 2.23. The first-order valence-electron chi connectivity index (χ1n) is 11.2. The van der Waals surface area contributed by atoms with Gasteiger partial charge >= 0.3 is 0 Å². The molecule has 0 unspecified atom stereocenters. The summed E-state index contributed by atoms with van der Waals surface area (Å²) in [6, 6.07) is 12.5. The fourth-order valence-electron chi connectivity index (χ4n) is 3.78. The van der Waals surface area contributed by atoms with Crippen molar-refractivity contribution < 1.29 is 14.3 Å². The van der Waals surface area contributed by atoms with Gasteiger partial charge in [-0.05, 0) is 31.2 Å². The molecule has 0 radical (unpaired) electrons. The van der Waals surface area contributed by atoms with Crippen LogP contribution in [0.15, 0.2) is 55.0 Å². The Morgan fingerprint density at radius 3 is 2.69 bits per heavy atom. The number of anilines is 2. The molecule has 1 amide bonds. The van der Waals surface area contributed by atoms with Crippen molar-refractivity contribution in [1.29, 1.82) is 0 Å². The van der Waals surface area contributed by atoms with Gasteiger partial charge in [-0.3, -0.25) is 25.4 Å². The van der Waals surface area contributed by atoms with E-state index >= 15 is 0 Å². The Balaban J connectivity index is 1.46. The number of benzene rings is 1. The number of pyridine rings is 1. The lowest BCUT2D eigenvalue weighted by Gasteiger charge is -2.27. The molecular weight excluding hydrogens is 448 g/mol. The summed E-state index contributed by atoms with van der Waals surface area (Å²) in [4.78, 5) is 45.3. The molecule has 1 aliphatic heterocycles. The van der Waals surface area contributed by atoms with Crippen LogP contribution in [0.5, 0.6) is 0 Å². The van der Waals surface area contributed by atoms with Crippen molar-refractivity contribution in [2.45, 2.75) is 13.5 Å². The average Bonchev–Trinajstić information content (AvgIpc) is 3.30. The van der Waals surface area contributed by atoms with Crippen LogP contribution in [0, 0.1) is 6.92 Å². The maximum atomic E-state index is 12.8. The van der Waals surface area contributed by atoms with E-state index in [1.54, 1.807) is 41.1 Å². The first-order valence-corrected chi connectivity index (χ1v) is 11.2. The summed E-state index contributed by atoms with van der Waals surface area (Å²) in [5.74, 6) is 0.318. The number of nitrogens with zero attached hydrogens (tertiary/aromatic N) is 6. The first kappa shape index (κ1) is 22.4. The number of imidazole rings is 1. The number of ether oxygens (including phenoxy) is 1. The second-order valence-electron chi connectivity index (χ2n) is 8.10. The molecule has 0 atom stereocenters. The van der Waals surface area contributed by atoms with Gasteiger partial charge in [0.25, 0.3) is 5.91 Å². The molecule has 1 saturated heterocycles. The monoisotopic (exact) mass is 472 g/mol. The second kappa shape index (κ2) is 9.85. The van der Waals surface area contributed by atoms with E-state index in [1.807, 2.05) is 24.0 Å². The number of amides is 1. The van der Waals surface area contributed by atoms with E-state index < -0.39 is 0 Å². The van der Waals surface area contributed by atoms with Gasteiger partial charge in [-0.15, -0.1) is 0 Å². The number of fused-ring (bicyclic) bond motifs is 1. The number of aromatic nitrogens is 5. The number of Topliss-reactive ketones (excluding diaryl/α,β-unsaturated/α-hetero) is 1. The Labute approximate surface area is 201 Å². The third-order valence-electron chi connectivity index (χ3n) is 5.59. The zero-order valence-electron chi connectivity index (χ0n) is 19.1. The van der Waals surface area contributed by atoms with Crippen LogP contribution in [-0.2, 0) is 11.3 Å². The molecule has 3 aromatic heterocycles. The number of rotatable bonds is 7. The van der Waals surface area contributed by atoms with Crippen molar-refractivity contribution >= 4 is 34.6 Å². The number of hydrogen-bond donors (Lipinski definition) is 2. The summed E-state index contributed by atoms with van der Waals surface area (Å²) in [6.07, 6.45) is 3.12. The van der Waals surface area contributed by atoms with Gasteiger partial charge in [0.15, 0.2) is 17.0 Å². The number of carbonyl (C=O) groups is 2.